The van der Waals surface area contributed by atoms with E-state index in [1.54, 1.807) is 0 Å². The molecule has 1 N–H and O–H groups in total. The molecule has 2 aromatic rings. The van der Waals surface area contributed by atoms with Crippen LogP contribution in [0.5, 0.6) is 10.8 Å². The Morgan fingerprint density at radius 3 is 2.58 bits per heavy atom. The zero-order valence-electron chi connectivity index (χ0n) is 9.87. The zero-order chi connectivity index (χ0) is 14.0. The highest BCUT2D eigenvalue weighted by atomic mass is 32.1. The molecule has 0 radical (unpaired) electrons. The van der Waals surface area contributed by atoms with Crippen LogP contribution in [0, 0.1) is 15.9 Å². The Hall–Kier alpha value is -1.99. The van der Waals surface area contributed by atoms with Gasteiger partial charge in [0, 0.05) is 10.9 Å². The van der Waals surface area contributed by atoms with Crippen molar-refractivity contribution in [2.45, 2.75) is 13.0 Å². The van der Waals surface area contributed by atoms with E-state index in [1.807, 2.05) is 0 Å². The SMILES string of the molecule is C[C@@H](O)c1cc([N+](=O)[O-])c(Oc2ccc(F)cc2)s1. The molecule has 100 valence electrons. The average molecular weight is 283 g/mol. The van der Waals surface area contributed by atoms with Gasteiger partial charge in [-0.25, -0.2) is 4.39 Å². The maximum absolute atomic E-state index is 12.7. The topological polar surface area (TPSA) is 72.6 Å². The summed E-state index contributed by atoms with van der Waals surface area (Å²) in [6, 6.07) is 6.42. The number of hydrogen-bond donors (Lipinski definition) is 1. The fourth-order valence-corrected chi connectivity index (χ4v) is 2.33. The molecular formula is C12H10FNO4S. The summed E-state index contributed by atoms with van der Waals surface area (Å²) < 4.78 is 18.1. The summed E-state index contributed by atoms with van der Waals surface area (Å²) in [5.41, 5.74) is -0.217. The lowest BCUT2D eigenvalue weighted by Gasteiger charge is -2.02. The van der Waals surface area contributed by atoms with Gasteiger partial charge in [0.05, 0.1) is 11.0 Å². The van der Waals surface area contributed by atoms with Gasteiger partial charge in [-0.3, -0.25) is 10.1 Å². The van der Waals surface area contributed by atoms with Crippen LogP contribution >= 0.6 is 11.3 Å². The van der Waals surface area contributed by atoms with Gasteiger partial charge in [-0.05, 0) is 31.2 Å². The van der Waals surface area contributed by atoms with Crippen molar-refractivity contribution in [3.63, 3.8) is 0 Å². The van der Waals surface area contributed by atoms with Gasteiger partial charge in [0.15, 0.2) is 0 Å². The molecule has 0 bridgehead atoms. The lowest BCUT2D eigenvalue weighted by Crippen LogP contribution is -1.89. The largest absolute Gasteiger partial charge is 0.440 e. The van der Waals surface area contributed by atoms with E-state index in [4.69, 9.17) is 4.74 Å². The molecule has 0 amide bonds. The predicted molar refractivity (Wildman–Crippen MR) is 68.1 cm³/mol. The summed E-state index contributed by atoms with van der Waals surface area (Å²) in [5.74, 6) is -0.124. The molecule has 0 aliphatic carbocycles. The second-order valence-electron chi connectivity index (χ2n) is 3.81. The normalized spacial score (nSPS) is 12.2. The minimum Gasteiger partial charge on any atom is -0.440 e. The number of thiophene rings is 1. The van der Waals surface area contributed by atoms with Crippen LogP contribution in [0.3, 0.4) is 0 Å². The summed E-state index contributed by atoms with van der Waals surface area (Å²) in [4.78, 5) is 10.7. The van der Waals surface area contributed by atoms with Crippen LogP contribution in [-0.2, 0) is 0 Å². The number of nitro groups is 1. The lowest BCUT2D eigenvalue weighted by molar-refractivity contribution is -0.385. The van der Waals surface area contributed by atoms with Gasteiger partial charge >= 0.3 is 5.69 Å². The molecule has 0 saturated carbocycles. The zero-order valence-corrected chi connectivity index (χ0v) is 10.7. The molecule has 0 spiro atoms. The highest BCUT2D eigenvalue weighted by molar-refractivity contribution is 7.14. The number of hydrogen-bond acceptors (Lipinski definition) is 5. The van der Waals surface area contributed by atoms with Gasteiger partial charge < -0.3 is 9.84 Å². The monoisotopic (exact) mass is 283 g/mol. The van der Waals surface area contributed by atoms with Crippen molar-refractivity contribution < 1.29 is 19.2 Å². The van der Waals surface area contributed by atoms with Gasteiger partial charge in [0.25, 0.3) is 5.06 Å². The third-order valence-electron chi connectivity index (χ3n) is 2.33. The van der Waals surface area contributed by atoms with E-state index in [0.29, 0.717) is 10.6 Å². The van der Waals surface area contributed by atoms with Crippen molar-refractivity contribution in [3.8, 4) is 10.8 Å². The Kier molecular flexibility index (Phi) is 3.77. The van der Waals surface area contributed by atoms with Gasteiger partial charge in [0.2, 0.25) is 0 Å². The first-order valence-electron chi connectivity index (χ1n) is 5.37. The molecule has 0 fully saturated rings. The molecule has 0 aliphatic heterocycles. The van der Waals surface area contributed by atoms with Crippen molar-refractivity contribution in [3.05, 3.63) is 51.1 Å². The van der Waals surface area contributed by atoms with E-state index in [2.05, 4.69) is 0 Å². The Bertz CT molecular complexity index is 594. The first-order valence-corrected chi connectivity index (χ1v) is 6.18. The minimum absolute atomic E-state index is 0.0625. The standard InChI is InChI=1S/C12H10FNO4S/c1-7(15)11-6-10(14(16)17)12(19-11)18-9-4-2-8(13)3-5-9/h2-7,15H,1H3/t7-/m1/s1. The van der Waals surface area contributed by atoms with Gasteiger partial charge in [0.1, 0.15) is 11.6 Å². The van der Waals surface area contributed by atoms with Crippen LogP contribution in [-0.4, -0.2) is 10.0 Å². The molecule has 1 aromatic heterocycles. The van der Waals surface area contributed by atoms with E-state index in [-0.39, 0.29) is 10.8 Å². The van der Waals surface area contributed by atoms with Crippen molar-refractivity contribution in [1.82, 2.24) is 0 Å². The highest BCUT2D eigenvalue weighted by Gasteiger charge is 2.23. The predicted octanol–water partition coefficient (Wildman–Crippen LogP) is 3.64. The van der Waals surface area contributed by atoms with Crippen LogP contribution in [0.15, 0.2) is 30.3 Å². The second-order valence-corrected chi connectivity index (χ2v) is 4.86. The fraction of sp³-hybridized carbons (Fsp3) is 0.167. The van der Waals surface area contributed by atoms with Crippen LogP contribution in [0.1, 0.15) is 17.9 Å². The Balaban J connectivity index is 2.33. The smallest absolute Gasteiger partial charge is 0.323 e. The number of aliphatic hydroxyl groups excluding tert-OH is 1. The van der Waals surface area contributed by atoms with Gasteiger partial charge in [-0.2, -0.15) is 0 Å². The Morgan fingerprint density at radius 2 is 2.05 bits per heavy atom. The molecule has 0 unspecified atom stereocenters. The molecule has 7 heteroatoms. The average Bonchev–Trinajstić information content (AvgIpc) is 2.76. The summed E-state index contributed by atoms with van der Waals surface area (Å²) in [6.07, 6.45) is -0.811. The third kappa shape index (κ3) is 3.07. The lowest BCUT2D eigenvalue weighted by atomic mass is 10.3. The molecule has 0 aliphatic rings. The maximum Gasteiger partial charge on any atom is 0.323 e. The van der Waals surface area contributed by atoms with E-state index >= 15 is 0 Å². The molecule has 1 aromatic carbocycles. The van der Waals surface area contributed by atoms with Crippen LogP contribution in [0.2, 0.25) is 0 Å². The van der Waals surface area contributed by atoms with E-state index in [1.165, 1.54) is 37.3 Å². The van der Waals surface area contributed by atoms with Crippen molar-refractivity contribution >= 4 is 17.0 Å². The van der Waals surface area contributed by atoms with Crippen LogP contribution < -0.4 is 4.74 Å². The quantitative estimate of drug-likeness (QED) is 0.686. The number of nitrogens with zero attached hydrogens (tertiary/aromatic N) is 1. The second kappa shape index (κ2) is 5.33. The summed E-state index contributed by atoms with van der Waals surface area (Å²) >= 11 is 0.987. The first kappa shape index (κ1) is 13.4. The molecular weight excluding hydrogens is 273 g/mol. The maximum atomic E-state index is 12.7. The highest BCUT2D eigenvalue weighted by Crippen LogP contribution is 2.41. The number of benzene rings is 1. The van der Waals surface area contributed by atoms with Crippen molar-refractivity contribution in [2.75, 3.05) is 0 Å². The fourth-order valence-electron chi connectivity index (χ4n) is 1.40. The number of ether oxygens (including phenoxy) is 1. The van der Waals surface area contributed by atoms with Gasteiger partial charge in [-0.15, -0.1) is 0 Å². The number of aliphatic hydroxyl groups is 1. The van der Waals surface area contributed by atoms with E-state index in [9.17, 15) is 19.6 Å². The molecule has 2 rings (SSSR count). The molecule has 5 nitrogen and oxygen atoms in total. The van der Waals surface area contributed by atoms with Crippen molar-refractivity contribution in [1.29, 1.82) is 0 Å². The van der Waals surface area contributed by atoms with E-state index < -0.39 is 16.8 Å². The minimum atomic E-state index is -0.811. The van der Waals surface area contributed by atoms with Crippen molar-refractivity contribution in [2.24, 2.45) is 0 Å². The first-order chi connectivity index (χ1) is 8.97. The number of rotatable bonds is 4. The van der Waals surface area contributed by atoms with Crippen LogP contribution in [0.25, 0.3) is 0 Å². The third-order valence-corrected chi connectivity index (χ3v) is 3.50. The summed E-state index contributed by atoms with van der Waals surface area (Å²) in [7, 11) is 0. The van der Waals surface area contributed by atoms with Crippen LogP contribution in [0.4, 0.5) is 10.1 Å². The Morgan fingerprint density at radius 1 is 1.42 bits per heavy atom. The Labute approximate surface area is 112 Å². The molecule has 1 heterocycles. The molecule has 19 heavy (non-hydrogen) atoms. The molecule has 0 saturated heterocycles. The number of halogens is 1. The summed E-state index contributed by atoms with van der Waals surface area (Å²) in [5, 5.41) is 20.4. The molecule has 1 atom stereocenters. The summed E-state index contributed by atoms with van der Waals surface area (Å²) in [6.45, 7) is 1.51. The van der Waals surface area contributed by atoms with Gasteiger partial charge in [-0.1, -0.05) is 11.3 Å². The van der Waals surface area contributed by atoms with E-state index in [0.717, 1.165) is 11.3 Å².